The van der Waals surface area contributed by atoms with Gasteiger partial charge in [-0.2, -0.15) is 8.78 Å². The van der Waals surface area contributed by atoms with Gasteiger partial charge in [0, 0.05) is 0 Å². The lowest BCUT2D eigenvalue weighted by atomic mass is 10.3. The summed E-state index contributed by atoms with van der Waals surface area (Å²) < 4.78 is 91.8. The van der Waals surface area contributed by atoms with Gasteiger partial charge in [0.05, 0.1) is 24.2 Å². The fourth-order valence-corrected chi connectivity index (χ4v) is 2.40. The van der Waals surface area contributed by atoms with Crippen molar-refractivity contribution in [3.05, 3.63) is 17.9 Å². The number of nitrogen functional groups attached to an aromatic ring is 1. The van der Waals surface area contributed by atoms with Crippen LogP contribution in [0, 0.1) is 5.82 Å². The number of anilines is 1. The number of rotatable bonds is 6. The van der Waals surface area contributed by atoms with E-state index in [2.05, 4.69) is 4.74 Å². The summed E-state index contributed by atoms with van der Waals surface area (Å²) in [5.41, 5.74) is 4.94. The topological polar surface area (TPSA) is 81.4 Å². The zero-order valence-corrected chi connectivity index (χ0v) is 11.4. The maximum Gasteiger partial charge on any atom is 0.320 e. The first-order valence-electron chi connectivity index (χ1n) is 5.30. The average molecular weight is 334 g/mol. The smallest absolute Gasteiger partial charge is 0.320 e. The van der Waals surface area contributed by atoms with Crippen LogP contribution in [-0.4, -0.2) is 34.4 Å². The second kappa shape index (κ2) is 6.02. The normalized spacial score (nSPS) is 12.7. The lowest BCUT2D eigenvalue weighted by Crippen LogP contribution is -2.41. The van der Waals surface area contributed by atoms with E-state index in [1.165, 1.54) is 4.72 Å². The molecule has 1 rings (SSSR count). The Hall–Kier alpha value is -1.62. The maximum absolute atomic E-state index is 13.5. The summed E-state index contributed by atoms with van der Waals surface area (Å²) in [6.07, 6.45) is -4.04. The van der Waals surface area contributed by atoms with Crippen LogP contribution in [0.1, 0.15) is 0 Å². The van der Waals surface area contributed by atoms with Gasteiger partial charge < -0.3 is 10.5 Å². The Kier molecular flexibility index (Phi) is 4.99. The van der Waals surface area contributed by atoms with E-state index in [0.29, 0.717) is 6.07 Å². The van der Waals surface area contributed by atoms with E-state index in [-0.39, 0.29) is 0 Å². The van der Waals surface area contributed by atoms with Crippen molar-refractivity contribution < 1.29 is 35.1 Å². The highest BCUT2D eigenvalue weighted by molar-refractivity contribution is 7.89. The second-order valence-electron chi connectivity index (χ2n) is 3.91. The molecule has 0 amide bonds. The van der Waals surface area contributed by atoms with Gasteiger partial charge in [-0.3, -0.25) is 0 Å². The zero-order chi connectivity index (χ0) is 16.4. The van der Waals surface area contributed by atoms with Gasteiger partial charge in [0.25, 0.3) is 0 Å². The molecule has 0 bridgehead atoms. The van der Waals surface area contributed by atoms with Crippen LogP contribution >= 0.6 is 0 Å². The minimum absolute atomic E-state index is 0.390. The molecule has 0 atom stereocenters. The van der Waals surface area contributed by atoms with Gasteiger partial charge in [0.1, 0.15) is 0 Å². The Morgan fingerprint density at radius 2 is 1.95 bits per heavy atom. The van der Waals surface area contributed by atoms with E-state index in [4.69, 9.17) is 5.73 Å². The molecule has 0 heterocycles. The summed E-state index contributed by atoms with van der Waals surface area (Å²) in [7, 11) is -3.55. The summed E-state index contributed by atoms with van der Waals surface area (Å²) in [5, 5.41) is 0. The van der Waals surface area contributed by atoms with Crippen LogP contribution < -0.4 is 15.2 Å². The van der Waals surface area contributed by atoms with E-state index < -0.39 is 51.1 Å². The number of hydrogen-bond donors (Lipinski definition) is 2. The van der Waals surface area contributed by atoms with Crippen molar-refractivity contribution in [2.45, 2.75) is 17.2 Å². The van der Waals surface area contributed by atoms with Gasteiger partial charge in [-0.05, 0) is 12.1 Å². The van der Waals surface area contributed by atoms with Crippen LogP contribution in [-0.2, 0) is 10.0 Å². The summed E-state index contributed by atoms with van der Waals surface area (Å²) >= 11 is 0. The molecule has 0 aromatic heterocycles. The Bertz CT molecular complexity index is 598. The molecule has 5 nitrogen and oxygen atoms in total. The number of sulfonamides is 1. The van der Waals surface area contributed by atoms with E-state index in [9.17, 15) is 30.4 Å². The molecule has 0 aliphatic carbocycles. The fourth-order valence-electron chi connectivity index (χ4n) is 1.31. The summed E-state index contributed by atoms with van der Waals surface area (Å²) in [4.78, 5) is -0.789. The molecule has 0 saturated carbocycles. The van der Waals surface area contributed by atoms with Gasteiger partial charge in [-0.15, -0.1) is 0 Å². The molecule has 1 aromatic rings. The fraction of sp³-hybridized carbons (Fsp3) is 0.400. The van der Waals surface area contributed by atoms with Crippen LogP contribution in [0.25, 0.3) is 0 Å². The van der Waals surface area contributed by atoms with Gasteiger partial charge in [-0.1, -0.05) is 0 Å². The van der Waals surface area contributed by atoms with Gasteiger partial charge in [-0.25, -0.2) is 26.3 Å². The number of benzene rings is 1. The second-order valence-corrected chi connectivity index (χ2v) is 5.68. The molecule has 0 fully saturated rings. The van der Waals surface area contributed by atoms with Gasteiger partial charge in [0.2, 0.25) is 10.0 Å². The molecule has 3 N–H and O–H groups in total. The number of hydrogen-bond acceptors (Lipinski definition) is 4. The Morgan fingerprint density at radius 1 is 1.38 bits per heavy atom. The molecule has 120 valence electrons. The first-order chi connectivity index (χ1) is 9.51. The molecule has 0 aliphatic heterocycles. The van der Waals surface area contributed by atoms with Crippen molar-refractivity contribution >= 4 is 15.7 Å². The predicted octanol–water partition coefficient (Wildman–Crippen LogP) is 1.60. The third-order valence-electron chi connectivity index (χ3n) is 2.38. The maximum atomic E-state index is 13.5. The molecule has 0 unspecified atom stereocenters. The lowest BCUT2D eigenvalue weighted by Gasteiger charge is -2.16. The van der Waals surface area contributed by atoms with Gasteiger partial charge >= 0.3 is 12.3 Å². The largest absolute Gasteiger partial charge is 0.492 e. The summed E-state index contributed by atoms with van der Waals surface area (Å²) in [5.74, 6) is -6.12. The van der Waals surface area contributed by atoms with E-state index in [1.807, 2.05) is 0 Å². The molecule has 0 spiro atoms. The van der Waals surface area contributed by atoms with Crippen molar-refractivity contribution in [2.75, 3.05) is 19.4 Å². The van der Waals surface area contributed by atoms with E-state index in [0.717, 1.165) is 13.2 Å². The molecule has 11 heteroatoms. The number of methoxy groups -OCH3 is 1. The van der Waals surface area contributed by atoms with Gasteiger partial charge in [0.15, 0.2) is 11.6 Å². The molecule has 1 aromatic carbocycles. The average Bonchev–Trinajstić information content (AvgIpc) is 2.36. The predicted molar refractivity (Wildman–Crippen MR) is 63.5 cm³/mol. The monoisotopic (exact) mass is 334 g/mol. The summed E-state index contributed by atoms with van der Waals surface area (Å²) in [6.45, 7) is -1.83. The first-order valence-corrected chi connectivity index (χ1v) is 6.78. The van der Waals surface area contributed by atoms with Crippen molar-refractivity contribution in [1.29, 1.82) is 0 Å². The van der Waals surface area contributed by atoms with Crippen LogP contribution in [0.3, 0.4) is 0 Å². The number of nitrogens with one attached hydrogen (secondary N) is 1. The minimum atomic E-state index is -4.64. The SMILES string of the molecule is COc1c(N)cc(S(=O)(=O)NCC(F)(F)C(F)F)cc1F. The Balaban J connectivity index is 3.05. The number of ether oxygens (including phenoxy) is 1. The molecule has 0 aliphatic rings. The van der Waals surface area contributed by atoms with E-state index in [1.54, 1.807) is 0 Å². The van der Waals surface area contributed by atoms with Crippen LogP contribution in [0.5, 0.6) is 5.75 Å². The van der Waals surface area contributed by atoms with Crippen molar-refractivity contribution in [3.8, 4) is 5.75 Å². The van der Waals surface area contributed by atoms with Crippen molar-refractivity contribution in [3.63, 3.8) is 0 Å². The van der Waals surface area contributed by atoms with Crippen molar-refractivity contribution in [1.82, 2.24) is 4.72 Å². The zero-order valence-electron chi connectivity index (χ0n) is 10.5. The first kappa shape index (κ1) is 17.4. The highest BCUT2D eigenvalue weighted by Gasteiger charge is 2.41. The number of alkyl halides is 4. The molecular weight excluding hydrogens is 323 g/mol. The highest BCUT2D eigenvalue weighted by atomic mass is 32.2. The quantitative estimate of drug-likeness (QED) is 0.612. The molecule has 21 heavy (non-hydrogen) atoms. The molecular formula is C10H11F5N2O3S. The van der Waals surface area contributed by atoms with Crippen molar-refractivity contribution in [2.24, 2.45) is 0 Å². The Morgan fingerprint density at radius 3 is 2.38 bits per heavy atom. The van der Waals surface area contributed by atoms with Crippen LogP contribution in [0.2, 0.25) is 0 Å². The minimum Gasteiger partial charge on any atom is -0.492 e. The number of halogens is 5. The lowest BCUT2D eigenvalue weighted by molar-refractivity contribution is -0.122. The molecule has 0 radical (unpaired) electrons. The number of nitrogens with two attached hydrogens (primary N) is 1. The molecule has 0 saturated heterocycles. The van der Waals surface area contributed by atoms with Crippen LogP contribution in [0.4, 0.5) is 27.6 Å². The summed E-state index contributed by atoms with van der Waals surface area (Å²) in [6, 6.07) is 1.23. The Labute approximate surface area is 116 Å². The van der Waals surface area contributed by atoms with Crippen LogP contribution in [0.15, 0.2) is 17.0 Å². The van der Waals surface area contributed by atoms with E-state index >= 15 is 0 Å². The highest BCUT2D eigenvalue weighted by Crippen LogP contribution is 2.29. The third-order valence-corrected chi connectivity index (χ3v) is 3.76. The standard InChI is InChI=1S/C10H11F5N2O3S/c1-20-8-6(11)2-5(3-7(8)16)21(18,19)17-4-10(14,15)9(12)13/h2-3,9,17H,4,16H2,1H3. The third kappa shape index (κ3) is 3.94.